The van der Waals surface area contributed by atoms with E-state index in [2.05, 4.69) is 5.32 Å². The zero-order valence-corrected chi connectivity index (χ0v) is 11.1. The average molecular weight is 295 g/mol. The standard InChI is InChI=1S/C15H12F3NO2/c1-8-2-3-10(15(20)21)6-13(8)19-7-9-4-11(16)14(18)12(17)5-9/h2-6,19H,7H2,1H3,(H,20,21). The molecule has 0 spiro atoms. The number of nitrogens with one attached hydrogen (secondary N) is 1. The summed E-state index contributed by atoms with van der Waals surface area (Å²) in [6.07, 6.45) is 0. The summed E-state index contributed by atoms with van der Waals surface area (Å²) in [5, 5.41) is 11.8. The highest BCUT2D eigenvalue weighted by Crippen LogP contribution is 2.19. The topological polar surface area (TPSA) is 49.3 Å². The van der Waals surface area contributed by atoms with Crippen LogP contribution < -0.4 is 5.32 Å². The van der Waals surface area contributed by atoms with Gasteiger partial charge in [-0.1, -0.05) is 6.07 Å². The molecule has 0 fully saturated rings. The number of benzene rings is 2. The Hall–Kier alpha value is -2.50. The van der Waals surface area contributed by atoms with Crippen LogP contribution >= 0.6 is 0 Å². The summed E-state index contributed by atoms with van der Waals surface area (Å²) in [7, 11) is 0. The molecular weight excluding hydrogens is 283 g/mol. The fourth-order valence-electron chi connectivity index (χ4n) is 1.85. The Morgan fingerprint density at radius 1 is 1.14 bits per heavy atom. The van der Waals surface area contributed by atoms with Gasteiger partial charge in [0.1, 0.15) is 0 Å². The van der Waals surface area contributed by atoms with Crippen LogP contribution in [0.15, 0.2) is 30.3 Å². The van der Waals surface area contributed by atoms with Crippen molar-refractivity contribution < 1.29 is 23.1 Å². The molecule has 0 saturated carbocycles. The van der Waals surface area contributed by atoms with Crippen molar-refractivity contribution in [2.75, 3.05) is 5.32 Å². The van der Waals surface area contributed by atoms with Crippen LogP contribution in [-0.2, 0) is 6.54 Å². The lowest BCUT2D eigenvalue weighted by molar-refractivity contribution is 0.0697. The fourth-order valence-corrected chi connectivity index (χ4v) is 1.85. The van der Waals surface area contributed by atoms with Crippen molar-refractivity contribution in [3.05, 3.63) is 64.5 Å². The normalized spacial score (nSPS) is 10.5. The number of anilines is 1. The van der Waals surface area contributed by atoms with Gasteiger partial charge >= 0.3 is 5.97 Å². The molecule has 0 aliphatic carbocycles. The van der Waals surface area contributed by atoms with Gasteiger partial charge in [0.05, 0.1) is 5.56 Å². The van der Waals surface area contributed by atoms with Gasteiger partial charge in [-0.05, 0) is 42.3 Å². The SMILES string of the molecule is Cc1ccc(C(=O)O)cc1NCc1cc(F)c(F)c(F)c1. The molecule has 21 heavy (non-hydrogen) atoms. The van der Waals surface area contributed by atoms with Gasteiger partial charge in [-0.25, -0.2) is 18.0 Å². The summed E-state index contributed by atoms with van der Waals surface area (Å²) < 4.78 is 39.0. The molecule has 0 aromatic heterocycles. The summed E-state index contributed by atoms with van der Waals surface area (Å²) >= 11 is 0. The minimum atomic E-state index is -1.51. The van der Waals surface area contributed by atoms with Crippen LogP contribution in [0.3, 0.4) is 0 Å². The largest absolute Gasteiger partial charge is 0.478 e. The summed E-state index contributed by atoms with van der Waals surface area (Å²) in [6, 6.07) is 6.29. The third-order valence-electron chi connectivity index (χ3n) is 3.01. The second kappa shape index (κ2) is 5.87. The zero-order valence-electron chi connectivity index (χ0n) is 11.1. The lowest BCUT2D eigenvalue weighted by Crippen LogP contribution is -2.05. The number of rotatable bonds is 4. The Bertz CT molecular complexity index is 678. The Kier molecular flexibility index (Phi) is 4.16. The van der Waals surface area contributed by atoms with E-state index in [4.69, 9.17) is 5.11 Å². The molecule has 2 rings (SSSR count). The predicted molar refractivity (Wildman–Crippen MR) is 71.8 cm³/mol. The van der Waals surface area contributed by atoms with E-state index in [0.29, 0.717) is 5.69 Å². The van der Waals surface area contributed by atoms with E-state index in [0.717, 1.165) is 17.7 Å². The third-order valence-corrected chi connectivity index (χ3v) is 3.01. The van der Waals surface area contributed by atoms with Gasteiger partial charge in [-0.15, -0.1) is 0 Å². The first kappa shape index (κ1) is 14.9. The van der Waals surface area contributed by atoms with Gasteiger partial charge in [0.15, 0.2) is 17.5 Å². The number of carbonyl (C=O) groups is 1. The summed E-state index contributed by atoms with van der Waals surface area (Å²) in [6.45, 7) is 1.80. The minimum absolute atomic E-state index is 0.0397. The molecule has 0 bridgehead atoms. The third kappa shape index (κ3) is 3.34. The van der Waals surface area contributed by atoms with Crippen LogP contribution in [0, 0.1) is 24.4 Å². The van der Waals surface area contributed by atoms with E-state index >= 15 is 0 Å². The number of aryl methyl sites for hydroxylation is 1. The lowest BCUT2D eigenvalue weighted by atomic mass is 10.1. The van der Waals surface area contributed by atoms with Crippen LogP contribution in [0.4, 0.5) is 18.9 Å². The van der Waals surface area contributed by atoms with Crippen molar-refractivity contribution in [2.24, 2.45) is 0 Å². The van der Waals surface area contributed by atoms with Crippen molar-refractivity contribution in [1.82, 2.24) is 0 Å². The highest BCUT2D eigenvalue weighted by Gasteiger charge is 2.11. The maximum absolute atomic E-state index is 13.1. The highest BCUT2D eigenvalue weighted by molar-refractivity contribution is 5.89. The van der Waals surface area contributed by atoms with Gasteiger partial charge in [0.2, 0.25) is 0 Å². The number of halogens is 3. The quantitative estimate of drug-likeness (QED) is 0.845. The zero-order chi connectivity index (χ0) is 15.6. The van der Waals surface area contributed by atoms with E-state index < -0.39 is 23.4 Å². The Morgan fingerprint density at radius 3 is 2.33 bits per heavy atom. The van der Waals surface area contributed by atoms with E-state index in [1.807, 2.05) is 0 Å². The molecule has 0 amide bonds. The smallest absolute Gasteiger partial charge is 0.335 e. The van der Waals surface area contributed by atoms with Gasteiger partial charge in [-0.2, -0.15) is 0 Å². The van der Waals surface area contributed by atoms with Crippen molar-refractivity contribution in [3.8, 4) is 0 Å². The second-order valence-electron chi connectivity index (χ2n) is 4.56. The van der Waals surface area contributed by atoms with Crippen molar-refractivity contribution in [1.29, 1.82) is 0 Å². The first-order valence-corrected chi connectivity index (χ1v) is 6.09. The Morgan fingerprint density at radius 2 is 1.76 bits per heavy atom. The molecule has 110 valence electrons. The van der Waals surface area contributed by atoms with Crippen molar-refractivity contribution in [2.45, 2.75) is 13.5 Å². The summed E-state index contributed by atoms with van der Waals surface area (Å²) in [5.41, 5.74) is 1.62. The first-order valence-electron chi connectivity index (χ1n) is 6.09. The molecule has 0 aliphatic heterocycles. The molecule has 0 aliphatic rings. The molecule has 2 aromatic carbocycles. The van der Waals surface area contributed by atoms with E-state index in [-0.39, 0.29) is 17.7 Å². The fraction of sp³-hybridized carbons (Fsp3) is 0.133. The molecule has 2 aromatic rings. The minimum Gasteiger partial charge on any atom is -0.478 e. The molecule has 0 saturated heterocycles. The molecule has 0 unspecified atom stereocenters. The van der Waals surface area contributed by atoms with Crippen molar-refractivity contribution >= 4 is 11.7 Å². The Balaban J connectivity index is 2.20. The van der Waals surface area contributed by atoms with Gasteiger partial charge in [-0.3, -0.25) is 0 Å². The number of hydrogen-bond acceptors (Lipinski definition) is 2. The summed E-state index contributed by atoms with van der Waals surface area (Å²) in [4.78, 5) is 10.9. The molecule has 0 atom stereocenters. The maximum Gasteiger partial charge on any atom is 0.335 e. The molecule has 0 radical (unpaired) electrons. The number of aromatic carboxylic acids is 1. The lowest BCUT2D eigenvalue weighted by Gasteiger charge is -2.11. The van der Waals surface area contributed by atoms with Crippen molar-refractivity contribution in [3.63, 3.8) is 0 Å². The predicted octanol–water partition coefficient (Wildman–Crippen LogP) is 3.72. The van der Waals surface area contributed by atoms with E-state index in [9.17, 15) is 18.0 Å². The Labute approximate surface area is 119 Å². The molecule has 0 heterocycles. The first-order chi connectivity index (χ1) is 9.88. The van der Waals surface area contributed by atoms with Crippen LogP contribution in [0.5, 0.6) is 0 Å². The van der Waals surface area contributed by atoms with Gasteiger partial charge < -0.3 is 10.4 Å². The summed E-state index contributed by atoms with van der Waals surface area (Å²) in [5.74, 6) is -5.11. The number of carboxylic acids is 1. The van der Waals surface area contributed by atoms with Crippen LogP contribution in [0.2, 0.25) is 0 Å². The number of hydrogen-bond donors (Lipinski definition) is 2. The second-order valence-corrected chi connectivity index (χ2v) is 4.56. The van der Waals surface area contributed by atoms with Crippen LogP contribution in [0.25, 0.3) is 0 Å². The van der Waals surface area contributed by atoms with Crippen LogP contribution in [-0.4, -0.2) is 11.1 Å². The molecule has 3 nitrogen and oxygen atoms in total. The van der Waals surface area contributed by atoms with Crippen LogP contribution in [0.1, 0.15) is 21.5 Å². The van der Waals surface area contributed by atoms with Gasteiger partial charge in [0, 0.05) is 12.2 Å². The van der Waals surface area contributed by atoms with E-state index in [1.54, 1.807) is 13.0 Å². The average Bonchev–Trinajstić information content (AvgIpc) is 2.43. The molecule has 6 heteroatoms. The number of carboxylic acid groups (broad SMARTS) is 1. The highest BCUT2D eigenvalue weighted by atomic mass is 19.2. The molecular formula is C15H12F3NO2. The maximum atomic E-state index is 13.1. The molecule has 2 N–H and O–H groups in total. The van der Waals surface area contributed by atoms with E-state index in [1.165, 1.54) is 12.1 Å². The monoisotopic (exact) mass is 295 g/mol. The van der Waals surface area contributed by atoms with Gasteiger partial charge in [0.25, 0.3) is 0 Å².